The standard InChI is InChI=1S/C13H16F3N5O.C3H3F3O/c14-11-10(20-5-3-17-4-6-20)2-1-9(18-11)12(22)19-21-7-13(15,16)8-21;1-2(7)3(4,5)6/h1-2,17H,3-8H2,(H,19,22);1H3. The topological polar surface area (TPSA) is 77.6 Å². The van der Waals surface area contributed by atoms with Gasteiger partial charge in [-0.05, 0) is 12.1 Å². The maximum absolute atomic E-state index is 14.1. The highest BCUT2D eigenvalue weighted by Gasteiger charge is 2.44. The second kappa shape index (κ2) is 8.95. The molecular formula is C16H19F6N5O2. The number of nitrogens with one attached hydrogen (secondary N) is 2. The maximum Gasteiger partial charge on any atom is 0.449 e. The number of rotatable bonds is 3. The van der Waals surface area contributed by atoms with E-state index >= 15 is 0 Å². The summed E-state index contributed by atoms with van der Waals surface area (Å²) in [6.07, 6.45) is -4.64. The average Bonchev–Trinajstić information content (AvgIpc) is 2.60. The first kappa shape index (κ1) is 22.9. The van der Waals surface area contributed by atoms with Crippen molar-refractivity contribution in [1.29, 1.82) is 0 Å². The molecule has 2 saturated heterocycles. The number of carbonyl (C=O) groups is 2. The summed E-state index contributed by atoms with van der Waals surface area (Å²) in [6.45, 7) is 2.23. The molecule has 3 heterocycles. The lowest BCUT2D eigenvalue weighted by Crippen LogP contribution is -2.62. The van der Waals surface area contributed by atoms with E-state index in [1.54, 1.807) is 0 Å². The van der Waals surface area contributed by atoms with Crippen LogP contribution in [0.1, 0.15) is 17.4 Å². The summed E-state index contributed by atoms with van der Waals surface area (Å²) in [5.74, 6) is -5.96. The summed E-state index contributed by atoms with van der Waals surface area (Å²) in [7, 11) is 0. The second-order valence-electron chi connectivity index (χ2n) is 6.45. The Kier molecular flexibility index (Phi) is 7.06. The van der Waals surface area contributed by atoms with Gasteiger partial charge in [-0.25, -0.2) is 18.8 Å². The first-order valence-corrected chi connectivity index (χ1v) is 8.53. The zero-order chi connectivity index (χ0) is 21.8. The van der Waals surface area contributed by atoms with E-state index in [-0.39, 0.29) is 5.69 Å². The predicted molar refractivity (Wildman–Crippen MR) is 90.0 cm³/mol. The summed E-state index contributed by atoms with van der Waals surface area (Å²) in [4.78, 5) is 26.7. The molecule has 3 rings (SSSR count). The molecule has 0 spiro atoms. The molecule has 2 fully saturated rings. The molecule has 0 saturated carbocycles. The van der Waals surface area contributed by atoms with Crippen molar-refractivity contribution in [2.24, 2.45) is 0 Å². The molecular weight excluding hydrogens is 408 g/mol. The fraction of sp³-hybridized carbons (Fsp3) is 0.562. The highest BCUT2D eigenvalue weighted by Crippen LogP contribution is 2.25. The van der Waals surface area contributed by atoms with Gasteiger partial charge >= 0.3 is 6.18 Å². The Bertz CT molecular complexity index is 744. The van der Waals surface area contributed by atoms with Crippen LogP contribution in [0.3, 0.4) is 0 Å². The van der Waals surface area contributed by atoms with Gasteiger partial charge in [0, 0.05) is 33.1 Å². The van der Waals surface area contributed by atoms with Crippen LogP contribution in [0.4, 0.5) is 32.0 Å². The molecule has 2 aliphatic rings. The van der Waals surface area contributed by atoms with Gasteiger partial charge in [0.1, 0.15) is 5.69 Å². The third-order valence-corrected chi connectivity index (χ3v) is 4.02. The number of ketones is 1. The van der Waals surface area contributed by atoms with Crippen molar-refractivity contribution in [3.05, 3.63) is 23.8 Å². The molecule has 1 aromatic rings. The highest BCUT2D eigenvalue weighted by atomic mass is 19.4. The molecule has 0 aliphatic carbocycles. The largest absolute Gasteiger partial charge is 0.449 e. The Hall–Kier alpha value is -2.41. The van der Waals surface area contributed by atoms with Gasteiger partial charge in [-0.1, -0.05) is 0 Å². The van der Waals surface area contributed by atoms with Gasteiger partial charge in [0.25, 0.3) is 11.8 Å². The summed E-state index contributed by atoms with van der Waals surface area (Å²) < 4.78 is 71.9. The normalized spacial score (nSPS) is 18.9. The number of carbonyl (C=O) groups excluding carboxylic acids is 2. The Morgan fingerprint density at radius 3 is 2.17 bits per heavy atom. The summed E-state index contributed by atoms with van der Waals surface area (Å²) >= 11 is 0. The molecule has 13 heteroatoms. The Morgan fingerprint density at radius 1 is 1.17 bits per heavy atom. The molecule has 1 aromatic heterocycles. The number of amides is 1. The van der Waals surface area contributed by atoms with Crippen molar-refractivity contribution in [3.8, 4) is 0 Å². The van der Waals surface area contributed by atoms with Crippen LogP contribution in [0.2, 0.25) is 0 Å². The van der Waals surface area contributed by atoms with Crippen LogP contribution in [0, 0.1) is 5.95 Å². The molecule has 0 atom stereocenters. The molecule has 29 heavy (non-hydrogen) atoms. The number of aromatic nitrogens is 1. The average molecular weight is 427 g/mol. The minimum atomic E-state index is -4.64. The summed E-state index contributed by atoms with van der Waals surface area (Å²) in [5, 5.41) is 4.23. The van der Waals surface area contributed by atoms with Crippen molar-refractivity contribution in [1.82, 2.24) is 20.7 Å². The second-order valence-corrected chi connectivity index (χ2v) is 6.45. The Labute approximate surface area is 162 Å². The van der Waals surface area contributed by atoms with Gasteiger partial charge in [-0.15, -0.1) is 0 Å². The van der Waals surface area contributed by atoms with E-state index in [0.717, 1.165) is 18.1 Å². The van der Waals surface area contributed by atoms with Crippen LogP contribution < -0.4 is 15.6 Å². The molecule has 1 amide bonds. The Morgan fingerprint density at radius 2 is 1.72 bits per heavy atom. The van der Waals surface area contributed by atoms with E-state index in [4.69, 9.17) is 0 Å². The SMILES string of the molecule is CC(=O)C(F)(F)F.O=C(NN1CC(F)(F)C1)c1ccc(N2CCNCC2)c(F)n1. The van der Waals surface area contributed by atoms with Crippen LogP contribution >= 0.6 is 0 Å². The number of hydrogen-bond donors (Lipinski definition) is 2. The third-order valence-electron chi connectivity index (χ3n) is 4.02. The lowest BCUT2D eigenvalue weighted by atomic mass is 10.2. The van der Waals surface area contributed by atoms with Gasteiger partial charge in [-0.2, -0.15) is 17.6 Å². The van der Waals surface area contributed by atoms with Crippen LogP contribution in [0.5, 0.6) is 0 Å². The van der Waals surface area contributed by atoms with E-state index in [2.05, 4.69) is 15.7 Å². The first-order chi connectivity index (χ1) is 13.4. The zero-order valence-electron chi connectivity index (χ0n) is 15.3. The quantitative estimate of drug-likeness (QED) is 0.561. The number of alkyl halides is 5. The van der Waals surface area contributed by atoms with E-state index in [1.807, 2.05) is 4.90 Å². The van der Waals surface area contributed by atoms with Gasteiger partial charge < -0.3 is 10.2 Å². The van der Waals surface area contributed by atoms with E-state index in [0.29, 0.717) is 25.7 Å². The van der Waals surface area contributed by atoms with Crippen LogP contribution in [0.25, 0.3) is 0 Å². The molecule has 0 unspecified atom stereocenters. The number of anilines is 1. The molecule has 0 bridgehead atoms. The zero-order valence-corrected chi connectivity index (χ0v) is 15.3. The number of halogens is 6. The molecule has 2 aliphatic heterocycles. The van der Waals surface area contributed by atoms with Gasteiger partial charge in [0.15, 0.2) is 0 Å². The van der Waals surface area contributed by atoms with Crippen molar-refractivity contribution in [2.45, 2.75) is 19.0 Å². The number of hydrogen-bond acceptors (Lipinski definition) is 6. The number of nitrogens with zero attached hydrogens (tertiary/aromatic N) is 3. The van der Waals surface area contributed by atoms with Crippen LogP contribution in [-0.4, -0.2) is 73.1 Å². The number of Topliss-reactive ketones (excluding diaryl/α,β-unsaturated/α-hetero) is 1. The van der Waals surface area contributed by atoms with Gasteiger partial charge in [0.05, 0.1) is 18.8 Å². The van der Waals surface area contributed by atoms with E-state index in [1.165, 1.54) is 12.1 Å². The fourth-order valence-electron chi connectivity index (χ4n) is 2.49. The van der Waals surface area contributed by atoms with Crippen molar-refractivity contribution < 1.29 is 35.9 Å². The van der Waals surface area contributed by atoms with Crippen molar-refractivity contribution >= 4 is 17.4 Å². The number of piperazine rings is 1. The van der Waals surface area contributed by atoms with Gasteiger partial charge in [-0.3, -0.25) is 15.0 Å². The maximum atomic E-state index is 14.1. The predicted octanol–water partition coefficient (Wildman–Crippen LogP) is 1.36. The summed E-state index contributed by atoms with van der Waals surface area (Å²) in [5.41, 5.74) is 2.48. The fourth-order valence-corrected chi connectivity index (χ4v) is 2.49. The van der Waals surface area contributed by atoms with Crippen molar-refractivity contribution in [3.63, 3.8) is 0 Å². The monoisotopic (exact) mass is 427 g/mol. The molecule has 0 radical (unpaired) electrons. The van der Waals surface area contributed by atoms with E-state index in [9.17, 15) is 35.9 Å². The van der Waals surface area contributed by atoms with Crippen molar-refractivity contribution in [2.75, 3.05) is 44.2 Å². The minimum Gasteiger partial charge on any atom is -0.365 e. The molecule has 0 aromatic carbocycles. The molecule has 2 N–H and O–H groups in total. The third kappa shape index (κ3) is 6.56. The molecule has 162 valence electrons. The lowest BCUT2D eigenvalue weighted by Gasteiger charge is -2.38. The van der Waals surface area contributed by atoms with Crippen LogP contribution in [-0.2, 0) is 4.79 Å². The smallest absolute Gasteiger partial charge is 0.365 e. The lowest BCUT2D eigenvalue weighted by molar-refractivity contribution is -0.168. The molecule has 7 nitrogen and oxygen atoms in total. The number of pyridine rings is 1. The minimum absolute atomic E-state index is 0.133. The van der Waals surface area contributed by atoms with Gasteiger partial charge in [0.2, 0.25) is 11.7 Å². The highest BCUT2D eigenvalue weighted by molar-refractivity contribution is 5.92. The summed E-state index contributed by atoms with van der Waals surface area (Å²) in [6, 6.07) is 2.89. The van der Waals surface area contributed by atoms with Crippen LogP contribution in [0.15, 0.2) is 12.1 Å². The first-order valence-electron chi connectivity index (χ1n) is 8.53. The van der Waals surface area contributed by atoms with E-state index < -0.39 is 42.8 Å². The Balaban J connectivity index is 0.000000370. The number of hydrazine groups is 1.